The molecule has 0 bridgehead atoms. The minimum Gasteiger partial charge on any atom is -0.370 e. The van der Waals surface area contributed by atoms with E-state index in [4.69, 9.17) is 11.5 Å². The van der Waals surface area contributed by atoms with Crippen molar-refractivity contribution < 1.29 is 4.79 Å². The van der Waals surface area contributed by atoms with Gasteiger partial charge in [0.2, 0.25) is 0 Å². The molecule has 1 saturated carbocycles. The van der Waals surface area contributed by atoms with E-state index in [0.29, 0.717) is 32.1 Å². The first-order chi connectivity index (χ1) is 17.5. The number of hydrogen-bond acceptors (Lipinski definition) is 7. The number of likely N-dealkylation sites (tertiary alicyclic amines) is 1. The van der Waals surface area contributed by atoms with E-state index in [9.17, 15) is 9.59 Å². The number of piperazine rings is 1. The molecule has 3 heterocycles. The number of carbonyl (C=O) groups is 1. The molecular weight excluding hydrogens is 468 g/mol. The van der Waals surface area contributed by atoms with Crippen LogP contribution in [0.1, 0.15) is 32.3 Å². The summed E-state index contributed by atoms with van der Waals surface area (Å²) in [5.41, 5.74) is 14.4. The Morgan fingerprint density at radius 3 is 2.43 bits per heavy atom. The van der Waals surface area contributed by atoms with Crippen molar-refractivity contribution in [1.82, 2.24) is 24.3 Å². The second-order valence-electron chi connectivity index (χ2n) is 11.3. The van der Waals surface area contributed by atoms with Gasteiger partial charge in [-0.15, -0.1) is 0 Å². The first-order valence-corrected chi connectivity index (χ1v) is 13.0. The molecule has 2 atom stereocenters. The number of amides is 2. The van der Waals surface area contributed by atoms with Gasteiger partial charge in [0.05, 0.1) is 5.69 Å². The zero-order chi connectivity index (χ0) is 26.4. The summed E-state index contributed by atoms with van der Waals surface area (Å²) >= 11 is 0. The number of benzene rings is 1. The summed E-state index contributed by atoms with van der Waals surface area (Å²) in [5, 5.41) is 2.75. The zero-order valence-corrected chi connectivity index (χ0v) is 21.8. The van der Waals surface area contributed by atoms with Crippen LogP contribution >= 0.6 is 0 Å². The van der Waals surface area contributed by atoms with Crippen molar-refractivity contribution >= 4 is 11.8 Å². The number of fused-ring (bicyclic) bond motifs is 1. The molecule has 2 unspecified atom stereocenters. The van der Waals surface area contributed by atoms with Gasteiger partial charge < -0.3 is 21.3 Å². The van der Waals surface area contributed by atoms with Crippen LogP contribution < -0.4 is 22.5 Å². The third-order valence-electron chi connectivity index (χ3n) is 8.00. The Bertz CT molecular complexity index is 1230. The highest BCUT2D eigenvalue weighted by Gasteiger charge is 2.53. The molecule has 2 aliphatic heterocycles. The minimum absolute atomic E-state index is 0.104. The molecule has 198 valence electrons. The maximum atomic E-state index is 12.7. The van der Waals surface area contributed by atoms with Gasteiger partial charge in [-0.25, -0.2) is 9.59 Å². The molecule has 3 aliphatic rings. The Hall–Kier alpha value is -3.21. The second-order valence-corrected chi connectivity index (χ2v) is 11.3. The van der Waals surface area contributed by atoms with Gasteiger partial charge in [-0.1, -0.05) is 18.7 Å². The molecule has 5 N–H and O–H groups in total. The zero-order valence-electron chi connectivity index (χ0n) is 21.8. The van der Waals surface area contributed by atoms with E-state index in [1.54, 1.807) is 17.2 Å². The van der Waals surface area contributed by atoms with Crippen LogP contribution in [0.25, 0.3) is 5.69 Å². The molecule has 1 aliphatic carbocycles. The molecule has 1 aromatic heterocycles. The van der Waals surface area contributed by atoms with Crippen LogP contribution in [0.15, 0.2) is 53.6 Å². The van der Waals surface area contributed by atoms with Crippen LogP contribution in [-0.4, -0.2) is 80.6 Å². The van der Waals surface area contributed by atoms with Crippen LogP contribution in [0, 0.1) is 5.92 Å². The maximum Gasteiger partial charge on any atom is 0.354 e. The standard InChI is InChI=1S/C27H38N8O2/c1-19(26(2,3)28)33-12-14-34(15-13-33)24(36)30-23-8-10-35(25(37)31-23)22-6-4-20(5-7-22)17-32-11-9-27(29)16-21(27)18-32/h4-8,10,21H,1,9,11-18,28-29H2,2-3H3,(H,30,31,36,37). The van der Waals surface area contributed by atoms with Crippen LogP contribution in [-0.2, 0) is 6.54 Å². The first-order valence-electron chi connectivity index (χ1n) is 13.0. The van der Waals surface area contributed by atoms with Crippen molar-refractivity contribution in [3.8, 4) is 5.69 Å². The van der Waals surface area contributed by atoms with Gasteiger partial charge in [-0.2, -0.15) is 4.98 Å². The summed E-state index contributed by atoms with van der Waals surface area (Å²) in [5.74, 6) is 0.872. The van der Waals surface area contributed by atoms with Crippen molar-refractivity contribution in [3.05, 3.63) is 64.9 Å². The monoisotopic (exact) mass is 506 g/mol. The van der Waals surface area contributed by atoms with Crippen molar-refractivity contribution in [2.75, 3.05) is 44.6 Å². The summed E-state index contributed by atoms with van der Waals surface area (Å²) in [6.45, 7) is 13.3. The molecule has 2 amide bonds. The lowest BCUT2D eigenvalue weighted by molar-refractivity contribution is 0.159. The van der Waals surface area contributed by atoms with Crippen molar-refractivity contribution in [3.63, 3.8) is 0 Å². The first kappa shape index (κ1) is 25.4. The van der Waals surface area contributed by atoms with Crippen LogP contribution in [0.4, 0.5) is 10.6 Å². The van der Waals surface area contributed by atoms with E-state index in [0.717, 1.165) is 43.9 Å². The third-order valence-corrected chi connectivity index (χ3v) is 8.00. The fourth-order valence-corrected chi connectivity index (χ4v) is 5.33. The minimum atomic E-state index is -0.499. The summed E-state index contributed by atoms with van der Waals surface area (Å²) in [6.07, 6.45) is 3.86. The lowest BCUT2D eigenvalue weighted by atomic mass is 10.0. The lowest BCUT2D eigenvalue weighted by Crippen LogP contribution is -2.53. The van der Waals surface area contributed by atoms with E-state index < -0.39 is 11.2 Å². The number of nitrogens with two attached hydrogens (primary N) is 2. The smallest absolute Gasteiger partial charge is 0.354 e. The number of nitrogens with zero attached hydrogens (tertiary/aromatic N) is 5. The fourth-order valence-electron chi connectivity index (χ4n) is 5.33. The molecule has 10 nitrogen and oxygen atoms in total. The number of hydrogen-bond donors (Lipinski definition) is 3. The van der Waals surface area contributed by atoms with Crippen LogP contribution in [0.2, 0.25) is 0 Å². The predicted octanol–water partition coefficient (Wildman–Crippen LogP) is 1.56. The van der Waals surface area contributed by atoms with Crippen molar-refractivity contribution in [2.45, 2.75) is 44.3 Å². The summed E-state index contributed by atoms with van der Waals surface area (Å²) in [4.78, 5) is 35.8. The average molecular weight is 507 g/mol. The van der Waals surface area contributed by atoms with Crippen LogP contribution in [0.5, 0.6) is 0 Å². The van der Waals surface area contributed by atoms with Crippen molar-refractivity contribution in [1.29, 1.82) is 0 Å². The highest BCUT2D eigenvalue weighted by Crippen LogP contribution is 2.47. The molecule has 0 spiro atoms. The van der Waals surface area contributed by atoms with Gasteiger partial charge in [-0.3, -0.25) is 14.8 Å². The molecule has 10 heteroatoms. The Balaban J connectivity index is 1.15. The topological polar surface area (TPSA) is 126 Å². The Morgan fingerprint density at radius 2 is 1.81 bits per heavy atom. The Morgan fingerprint density at radius 1 is 1.14 bits per heavy atom. The number of piperidine rings is 1. The fraction of sp³-hybridized carbons (Fsp3) is 0.519. The van der Waals surface area contributed by atoms with Gasteiger partial charge >= 0.3 is 11.7 Å². The van der Waals surface area contributed by atoms with Crippen LogP contribution in [0.3, 0.4) is 0 Å². The number of rotatable bonds is 6. The second kappa shape index (κ2) is 9.59. The van der Waals surface area contributed by atoms with E-state index >= 15 is 0 Å². The van der Waals surface area contributed by atoms with Crippen molar-refractivity contribution in [2.24, 2.45) is 17.4 Å². The van der Waals surface area contributed by atoms with Gasteiger partial charge in [-0.05, 0) is 56.4 Å². The number of carbonyl (C=O) groups excluding carboxylic acids is 1. The molecule has 37 heavy (non-hydrogen) atoms. The van der Waals surface area contributed by atoms with Gasteiger partial charge in [0.1, 0.15) is 5.82 Å². The summed E-state index contributed by atoms with van der Waals surface area (Å²) < 4.78 is 1.48. The molecule has 2 aromatic rings. The predicted molar refractivity (Wildman–Crippen MR) is 144 cm³/mol. The maximum absolute atomic E-state index is 12.7. The van der Waals surface area contributed by atoms with E-state index in [1.807, 2.05) is 26.0 Å². The number of aromatic nitrogens is 2. The number of urea groups is 1. The summed E-state index contributed by atoms with van der Waals surface area (Å²) in [7, 11) is 0. The average Bonchev–Trinajstić information content (AvgIpc) is 3.54. The molecule has 5 rings (SSSR count). The highest BCUT2D eigenvalue weighted by atomic mass is 16.2. The van der Waals surface area contributed by atoms with E-state index in [2.05, 4.69) is 38.8 Å². The Labute approximate surface area is 217 Å². The molecule has 1 aromatic carbocycles. The molecule has 3 fully saturated rings. The van der Waals surface area contributed by atoms with E-state index in [1.165, 1.54) is 10.1 Å². The van der Waals surface area contributed by atoms with E-state index in [-0.39, 0.29) is 17.4 Å². The normalized spacial score (nSPS) is 23.9. The Kier molecular flexibility index (Phi) is 6.59. The highest BCUT2D eigenvalue weighted by molar-refractivity contribution is 5.88. The van der Waals surface area contributed by atoms with Gasteiger partial charge in [0.25, 0.3) is 0 Å². The molecular formula is C27H38N8O2. The summed E-state index contributed by atoms with van der Waals surface area (Å²) in [6, 6.07) is 9.33. The number of nitrogens with one attached hydrogen (secondary N) is 1. The van der Waals surface area contributed by atoms with Gasteiger partial charge in [0, 0.05) is 68.8 Å². The SMILES string of the molecule is C=C(N1CCN(C(=O)Nc2ccn(-c3ccc(CN4CCC5(N)CC5C4)cc3)c(=O)n2)CC1)C(C)(C)N. The third kappa shape index (κ3) is 5.56. The number of anilines is 1. The van der Waals surface area contributed by atoms with Gasteiger partial charge in [0.15, 0.2) is 0 Å². The lowest BCUT2D eigenvalue weighted by Gasteiger charge is -2.40. The molecule has 0 radical (unpaired) electrons. The largest absolute Gasteiger partial charge is 0.370 e. The quantitative estimate of drug-likeness (QED) is 0.543. The molecule has 2 saturated heterocycles.